The van der Waals surface area contributed by atoms with Gasteiger partial charge in [0.05, 0.1) is 10.5 Å². The first kappa shape index (κ1) is 20.0. The maximum atomic E-state index is 13.4. The zero-order chi connectivity index (χ0) is 20.7. The summed E-state index contributed by atoms with van der Waals surface area (Å²) >= 11 is 0. The van der Waals surface area contributed by atoms with Crippen molar-refractivity contribution in [3.8, 4) is 0 Å². The number of benzene rings is 2. The van der Waals surface area contributed by atoms with Crippen molar-refractivity contribution in [2.24, 2.45) is 0 Å². The number of rotatable bonds is 5. The molecule has 28 heavy (non-hydrogen) atoms. The fourth-order valence-corrected chi connectivity index (χ4v) is 3.60. The van der Waals surface area contributed by atoms with Gasteiger partial charge in [-0.05, 0) is 49.2 Å². The van der Waals surface area contributed by atoms with Crippen molar-refractivity contribution in [1.29, 1.82) is 0 Å². The Hall–Kier alpha value is -2.74. The second kappa shape index (κ2) is 7.01. The first-order valence-electron chi connectivity index (χ1n) is 8.34. The van der Waals surface area contributed by atoms with Crippen molar-refractivity contribution >= 4 is 21.4 Å². The number of carbonyl (C=O) groups is 1. The summed E-state index contributed by atoms with van der Waals surface area (Å²) in [6, 6.07) is 9.32. The molecule has 0 saturated carbocycles. The molecule has 0 fully saturated rings. The Morgan fingerprint density at radius 3 is 2.25 bits per heavy atom. The number of carbonyl (C=O) groups excluding carboxylic acids is 1. The van der Waals surface area contributed by atoms with Gasteiger partial charge in [-0.25, -0.2) is 22.0 Å². The van der Waals surface area contributed by atoms with E-state index >= 15 is 0 Å². The van der Waals surface area contributed by atoms with Crippen LogP contribution in [0.5, 0.6) is 0 Å². The normalized spacial score (nSPS) is 16.2. The van der Waals surface area contributed by atoms with E-state index in [0.717, 1.165) is 18.4 Å². The van der Waals surface area contributed by atoms with Gasteiger partial charge in [-0.2, -0.15) is 0 Å². The van der Waals surface area contributed by atoms with Crippen LogP contribution in [0.2, 0.25) is 0 Å². The topological polar surface area (TPSA) is 69.7 Å². The highest BCUT2D eigenvalue weighted by Crippen LogP contribution is 2.40. The number of hydrogen-bond acceptors (Lipinski definition) is 5. The minimum atomic E-state index is -3.36. The van der Waals surface area contributed by atoms with Crippen molar-refractivity contribution in [1.82, 2.24) is 0 Å². The second-order valence-electron chi connectivity index (χ2n) is 6.94. The Morgan fingerprint density at radius 1 is 1.04 bits per heavy atom. The van der Waals surface area contributed by atoms with E-state index in [2.05, 4.69) is 0 Å². The van der Waals surface area contributed by atoms with Gasteiger partial charge in [-0.15, -0.1) is 0 Å². The van der Waals surface area contributed by atoms with E-state index in [4.69, 9.17) is 9.47 Å². The summed E-state index contributed by atoms with van der Waals surface area (Å²) in [7, 11) is -3.36. The quantitative estimate of drug-likeness (QED) is 0.707. The van der Waals surface area contributed by atoms with Gasteiger partial charge in [0.25, 0.3) is 0 Å². The molecule has 8 heteroatoms. The van der Waals surface area contributed by atoms with E-state index < -0.39 is 33.0 Å². The summed E-state index contributed by atoms with van der Waals surface area (Å²) in [5.41, 5.74) is 0.340. The minimum Gasteiger partial charge on any atom is -0.481 e. The number of cyclic esters (lactones) is 1. The molecule has 0 saturated heterocycles. The first-order chi connectivity index (χ1) is 13.0. The van der Waals surface area contributed by atoms with Crippen molar-refractivity contribution in [2.45, 2.75) is 31.0 Å². The summed E-state index contributed by atoms with van der Waals surface area (Å²) in [5.74, 6) is -2.73. The van der Waals surface area contributed by atoms with Crippen molar-refractivity contribution in [3.63, 3.8) is 0 Å². The molecule has 0 spiro atoms. The number of ether oxygens (including phenoxy) is 2. The highest BCUT2D eigenvalue weighted by atomic mass is 32.2. The molecule has 0 amide bonds. The average molecular weight is 408 g/mol. The monoisotopic (exact) mass is 408 g/mol. The molecule has 2 aromatic rings. The first-order valence-corrected chi connectivity index (χ1v) is 10.2. The molecule has 2 aromatic carbocycles. The zero-order valence-corrected chi connectivity index (χ0v) is 16.3. The molecule has 1 aliphatic heterocycles. The van der Waals surface area contributed by atoms with Gasteiger partial charge in [0.1, 0.15) is 12.2 Å². The number of sulfone groups is 1. The molecule has 3 rings (SSSR count). The number of esters is 1. The Kier molecular flexibility index (Phi) is 5.01. The van der Waals surface area contributed by atoms with Crippen molar-refractivity contribution in [2.75, 3.05) is 6.26 Å². The largest absolute Gasteiger partial charge is 0.481 e. The Morgan fingerprint density at radius 2 is 1.68 bits per heavy atom. The Bertz CT molecular complexity index is 1070. The van der Waals surface area contributed by atoms with E-state index in [-0.39, 0.29) is 17.3 Å². The van der Waals surface area contributed by atoms with Crippen LogP contribution < -0.4 is 0 Å². The van der Waals surface area contributed by atoms with Crippen LogP contribution >= 0.6 is 0 Å². The fraction of sp³-hybridized carbons (Fsp3) is 0.250. The molecular weight excluding hydrogens is 390 g/mol. The summed E-state index contributed by atoms with van der Waals surface area (Å²) < 4.78 is 60.7. The minimum absolute atomic E-state index is 0.0539. The highest BCUT2D eigenvalue weighted by Gasteiger charge is 2.42. The van der Waals surface area contributed by atoms with Gasteiger partial charge in [0.15, 0.2) is 21.5 Å². The van der Waals surface area contributed by atoms with Gasteiger partial charge < -0.3 is 9.47 Å². The van der Waals surface area contributed by atoms with Gasteiger partial charge in [0.2, 0.25) is 5.76 Å². The standard InChI is InChI=1S/C20H18F2O5S/c1-20(2)17(13-5-7-14(8-6-13)28(3,24)25)18(19(23)27-20)26-11-12-4-9-15(21)16(22)10-12/h4-10H,11H2,1-3H3. The molecule has 5 nitrogen and oxygen atoms in total. The van der Waals surface area contributed by atoms with Gasteiger partial charge in [-0.3, -0.25) is 0 Å². The van der Waals surface area contributed by atoms with Crippen LogP contribution in [0, 0.1) is 11.6 Å². The van der Waals surface area contributed by atoms with E-state index in [1.807, 2.05) is 0 Å². The maximum absolute atomic E-state index is 13.4. The molecule has 0 aliphatic carbocycles. The average Bonchev–Trinajstić information content (AvgIpc) is 2.83. The molecule has 0 aromatic heterocycles. The van der Waals surface area contributed by atoms with Crippen LogP contribution in [0.1, 0.15) is 25.0 Å². The summed E-state index contributed by atoms with van der Waals surface area (Å²) in [4.78, 5) is 12.4. The van der Waals surface area contributed by atoms with Crippen LogP contribution in [0.15, 0.2) is 53.1 Å². The van der Waals surface area contributed by atoms with Gasteiger partial charge in [0, 0.05) is 6.26 Å². The summed E-state index contributed by atoms with van der Waals surface area (Å²) in [6.07, 6.45) is 1.10. The third kappa shape index (κ3) is 3.91. The smallest absolute Gasteiger partial charge is 0.374 e. The number of halogens is 2. The maximum Gasteiger partial charge on any atom is 0.374 e. The molecule has 0 bridgehead atoms. The molecule has 0 radical (unpaired) electrons. The predicted octanol–water partition coefficient (Wildman–Crippen LogP) is 3.63. The molecule has 0 unspecified atom stereocenters. The lowest BCUT2D eigenvalue weighted by Gasteiger charge is -2.21. The summed E-state index contributed by atoms with van der Waals surface area (Å²) in [5, 5.41) is 0. The SMILES string of the molecule is CC1(C)OC(=O)C(OCc2ccc(F)c(F)c2)=C1c1ccc(S(C)(=O)=O)cc1. The number of hydrogen-bond donors (Lipinski definition) is 0. The lowest BCUT2D eigenvalue weighted by molar-refractivity contribution is -0.147. The van der Waals surface area contributed by atoms with Crippen molar-refractivity contribution in [3.05, 3.63) is 71.0 Å². The zero-order valence-electron chi connectivity index (χ0n) is 15.5. The molecular formula is C20H18F2O5S. The van der Waals surface area contributed by atoms with Gasteiger partial charge >= 0.3 is 5.97 Å². The molecule has 0 atom stereocenters. The third-order valence-corrected chi connectivity index (χ3v) is 5.43. The van der Waals surface area contributed by atoms with Gasteiger partial charge in [-0.1, -0.05) is 18.2 Å². The van der Waals surface area contributed by atoms with E-state index in [9.17, 15) is 22.0 Å². The molecule has 1 aliphatic rings. The predicted molar refractivity (Wildman–Crippen MR) is 97.8 cm³/mol. The lowest BCUT2D eigenvalue weighted by atomic mass is 9.92. The summed E-state index contributed by atoms with van der Waals surface area (Å²) in [6.45, 7) is 3.19. The van der Waals surface area contributed by atoms with Crippen molar-refractivity contribution < 1.29 is 31.5 Å². The molecule has 1 heterocycles. The Balaban J connectivity index is 1.96. The molecule has 148 valence electrons. The van der Waals surface area contributed by atoms with Crippen LogP contribution in [0.3, 0.4) is 0 Å². The van der Waals surface area contributed by atoms with Crippen LogP contribution in [-0.2, 0) is 30.7 Å². The van der Waals surface area contributed by atoms with Crippen LogP contribution in [-0.4, -0.2) is 26.2 Å². The van der Waals surface area contributed by atoms with Crippen LogP contribution in [0.25, 0.3) is 5.57 Å². The fourth-order valence-electron chi connectivity index (χ4n) is 2.97. The van der Waals surface area contributed by atoms with E-state index in [0.29, 0.717) is 16.7 Å². The lowest BCUT2D eigenvalue weighted by Crippen LogP contribution is -2.22. The molecule has 0 N–H and O–H groups in total. The van der Waals surface area contributed by atoms with E-state index in [1.54, 1.807) is 26.0 Å². The van der Waals surface area contributed by atoms with E-state index in [1.165, 1.54) is 18.2 Å². The highest BCUT2D eigenvalue weighted by molar-refractivity contribution is 7.90. The Labute approximate surface area is 161 Å². The third-order valence-electron chi connectivity index (χ3n) is 4.30. The second-order valence-corrected chi connectivity index (χ2v) is 8.95. The van der Waals surface area contributed by atoms with Crippen LogP contribution in [0.4, 0.5) is 8.78 Å².